The number of anilines is 1. The van der Waals surface area contributed by atoms with Gasteiger partial charge in [-0.1, -0.05) is 29.8 Å². The lowest BCUT2D eigenvalue weighted by Crippen LogP contribution is -2.02. The molecule has 0 saturated carbocycles. The van der Waals surface area contributed by atoms with E-state index >= 15 is 0 Å². The molecule has 2 rings (SSSR count). The van der Waals surface area contributed by atoms with Crippen LogP contribution >= 0.6 is 11.6 Å². The van der Waals surface area contributed by atoms with Crippen LogP contribution in [0.1, 0.15) is 11.1 Å². The van der Waals surface area contributed by atoms with Crippen LogP contribution in [0.3, 0.4) is 0 Å². The molecule has 2 N–H and O–H groups in total. The maximum absolute atomic E-state index is 13.6. The first kappa shape index (κ1) is 12.7. The van der Waals surface area contributed by atoms with Gasteiger partial charge in [-0.25, -0.2) is 4.39 Å². The Kier molecular flexibility index (Phi) is 3.72. The molecule has 0 spiro atoms. The minimum Gasteiger partial charge on any atom is -0.486 e. The molecule has 0 unspecified atom stereocenters. The summed E-state index contributed by atoms with van der Waals surface area (Å²) in [6.45, 7) is 2.02. The zero-order valence-corrected chi connectivity index (χ0v) is 10.7. The van der Waals surface area contributed by atoms with Crippen molar-refractivity contribution in [3.63, 3.8) is 0 Å². The molecular weight excluding hydrogens is 253 g/mol. The highest BCUT2D eigenvalue weighted by Gasteiger charge is 2.07. The van der Waals surface area contributed by atoms with Gasteiger partial charge in [-0.2, -0.15) is 0 Å². The van der Waals surface area contributed by atoms with Crippen molar-refractivity contribution in [3.05, 3.63) is 58.4 Å². The van der Waals surface area contributed by atoms with Crippen molar-refractivity contribution in [2.75, 3.05) is 5.73 Å². The Morgan fingerprint density at radius 2 is 2.06 bits per heavy atom. The molecule has 0 bridgehead atoms. The van der Waals surface area contributed by atoms with Crippen molar-refractivity contribution in [2.24, 2.45) is 0 Å². The summed E-state index contributed by atoms with van der Waals surface area (Å²) in [5.41, 5.74) is 7.72. The fourth-order valence-corrected chi connectivity index (χ4v) is 1.82. The van der Waals surface area contributed by atoms with Crippen LogP contribution in [0.5, 0.6) is 5.75 Å². The van der Waals surface area contributed by atoms with E-state index in [-0.39, 0.29) is 12.4 Å². The first-order valence-corrected chi connectivity index (χ1v) is 5.87. The second kappa shape index (κ2) is 5.27. The molecule has 0 atom stereocenters. The smallest absolute Gasteiger partial charge is 0.145 e. The quantitative estimate of drug-likeness (QED) is 0.853. The van der Waals surface area contributed by atoms with Crippen molar-refractivity contribution in [1.82, 2.24) is 0 Å². The maximum Gasteiger partial charge on any atom is 0.145 e. The number of nitrogens with two attached hydrogens (primary N) is 1. The average molecular weight is 266 g/mol. The number of aryl methyl sites for hydroxylation is 1. The minimum absolute atomic E-state index is 0.123. The van der Waals surface area contributed by atoms with E-state index in [9.17, 15) is 4.39 Å². The standard InChI is InChI=1S/C14H13ClFNO/c1-9-3-2-4-13(17)14(9)18-8-10-5-6-11(15)7-12(10)16/h2-7H,8,17H2,1H3. The summed E-state index contributed by atoms with van der Waals surface area (Å²) in [6, 6.07) is 9.99. The van der Waals surface area contributed by atoms with Crippen LogP contribution in [-0.2, 0) is 6.61 Å². The molecule has 4 heteroatoms. The summed E-state index contributed by atoms with van der Waals surface area (Å²) in [5.74, 6) is 0.210. The summed E-state index contributed by atoms with van der Waals surface area (Å²) in [7, 11) is 0. The third-order valence-corrected chi connectivity index (χ3v) is 2.86. The second-order valence-corrected chi connectivity index (χ2v) is 4.45. The van der Waals surface area contributed by atoms with E-state index in [4.69, 9.17) is 22.1 Å². The summed E-state index contributed by atoms with van der Waals surface area (Å²) in [4.78, 5) is 0. The van der Waals surface area contributed by atoms with Gasteiger partial charge in [-0.05, 0) is 30.7 Å². The molecule has 0 aromatic heterocycles. The van der Waals surface area contributed by atoms with Crippen LogP contribution in [0, 0.1) is 12.7 Å². The number of halogens is 2. The fourth-order valence-electron chi connectivity index (χ4n) is 1.66. The summed E-state index contributed by atoms with van der Waals surface area (Å²) in [5, 5.41) is 0.367. The van der Waals surface area contributed by atoms with E-state index < -0.39 is 0 Å². The number of para-hydroxylation sites is 1. The molecule has 2 aromatic carbocycles. The first-order valence-electron chi connectivity index (χ1n) is 5.50. The third-order valence-electron chi connectivity index (χ3n) is 2.63. The Labute approximate surface area is 110 Å². The van der Waals surface area contributed by atoms with E-state index in [1.165, 1.54) is 6.07 Å². The number of ether oxygens (including phenoxy) is 1. The Morgan fingerprint density at radius 1 is 1.28 bits per heavy atom. The lowest BCUT2D eigenvalue weighted by atomic mass is 10.2. The van der Waals surface area contributed by atoms with Crippen molar-refractivity contribution in [2.45, 2.75) is 13.5 Å². The Hall–Kier alpha value is -1.74. The molecular formula is C14H13ClFNO. The lowest BCUT2D eigenvalue weighted by molar-refractivity contribution is 0.299. The number of nitrogen functional groups attached to an aromatic ring is 1. The van der Waals surface area contributed by atoms with Crippen molar-refractivity contribution in [3.8, 4) is 5.75 Å². The van der Waals surface area contributed by atoms with E-state index in [0.717, 1.165) is 5.56 Å². The summed E-state index contributed by atoms with van der Waals surface area (Å²) in [6.07, 6.45) is 0. The largest absolute Gasteiger partial charge is 0.486 e. The lowest BCUT2D eigenvalue weighted by Gasteiger charge is -2.12. The monoisotopic (exact) mass is 265 g/mol. The Balaban J connectivity index is 2.16. The molecule has 0 saturated heterocycles. The summed E-state index contributed by atoms with van der Waals surface area (Å²) >= 11 is 5.68. The molecule has 94 valence electrons. The van der Waals surface area contributed by atoms with Gasteiger partial charge in [0, 0.05) is 10.6 Å². The van der Waals surface area contributed by atoms with Gasteiger partial charge in [-0.3, -0.25) is 0 Å². The van der Waals surface area contributed by atoms with Gasteiger partial charge in [0.25, 0.3) is 0 Å². The Bertz CT molecular complexity index is 551. The van der Waals surface area contributed by atoms with Gasteiger partial charge in [0.05, 0.1) is 5.69 Å². The van der Waals surface area contributed by atoms with E-state index in [1.807, 2.05) is 19.1 Å². The molecule has 0 heterocycles. The van der Waals surface area contributed by atoms with Gasteiger partial charge in [0.15, 0.2) is 0 Å². The molecule has 0 radical (unpaired) electrons. The van der Waals surface area contributed by atoms with Crippen LogP contribution < -0.4 is 10.5 Å². The van der Waals surface area contributed by atoms with Crippen molar-refractivity contribution < 1.29 is 9.13 Å². The molecule has 18 heavy (non-hydrogen) atoms. The minimum atomic E-state index is -0.380. The maximum atomic E-state index is 13.6. The molecule has 0 aliphatic heterocycles. The van der Waals surface area contributed by atoms with Gasteiger partial charge >= 0.3 is 0 Å². The van der Waals surface area contributed by atoms with Crippen molar-refractivity contribution in [1.29, 1.82) is 0 Å². The molecule has 0 fully saturated rings. The Morgan fingerprint density at radius 3 is 2.72 bits per heavy atom. The van der Waals surface area contributed by atoms with Crippen LogP contribution in [0.25, 0.3) is 0 Å². The number of hydrogen-bond acceptors (Lipinski definition) is 2. The SMILES string of the molecule is Cc1cccc(N)c1OCc1ccc(Cl)cc1F. The first-order chi connectivity index (χ1) is 8.58. The van der Waals surface area contributed by atoms with Crippen LogP contribution in [0.15, 0.2) is 36.4 Å². The highest BCUT2D eigenvalue weighted by atomic mass is 35.5. The van der Waals surface area contributed by atoms with Gasteiger partial charge in [0.1, 0.15) is 18.2 Å². The summed E-state index contributed by atoms with van der Waals surface area (Å²) < 4.78 is 19.1. The third kappa shape index (κ3) is 2.74. The highest BCUT2D eigenvalue weighted by molar-refractivity contribution is 6.30. The van der Waals surface area contributed by atoms with Gasteiger partial charge in [0.2, 0.25) is 0 Å². The zero-order valence-electron chi connectivity index (χ0n) is 9.91. The molecule has 0 aliphatic carbocycles. The van der Waals surface area contributed by atoms with Crippen LogP contribution in [0.2, 0.25) is 5.02 Å². The molecule has 2 aromatic rings. The number of benzene rings is 2. The van der Waals surface area contributed by atoms with Crippen LogP contribution in [0.4, 0.5) is 10.1 Å². The highest BCUT2D eigenvalue weighted by Crippen LogP contribution is 2.26. The molecule has 0 aliphatic rings. The van der Waals surface area contributed by atoms with Gasteiger partial charge in [-0.15, -0.1) is 0 Å². The average Bonchev–Trinajstić information content (AvgIpc) is 2.31. The topological polar surface area (TPSA) is 35.2 Å². The van der Waals surface area contributed by atoms with E-state index in [2.05, 4.69) is 0 Å². The van der Waals surface area contributed by atoms with Crippen molar-refractivity contribution >= 4 is 17.3 Å². The second-order valence-electron chi connectivity index (χ2n) is 4.02. The predicted molar refractivity (Wildman–Crippen MR) is 71.3 cm³/mol. The molecule has 2 nitrogen and oxygen atoms in total. The van der Waals surface area contributed by atoms with Crippen LogP contribution in [-0.4, -0.2) is 0 Å². The molecule has 0 amide bonds. The number of hydrogen-bond donors (Lipinski definition) is 1. The normalized spacial score (nSPS) is 10.4. The zero-order chi connectivity index (χ0) is 13.1. The number of rotatable bonds is 3. The van der Waals surface area contributed by atoms with E-state index in [1.54, 1.807) is 18.2 Å². The predicted octanol–water partition coefficient (Wildman–Crippen LogP) is 3.95. The van der Waals surface area contributed by atoms with Gasteiger partial charge < -0.3 is 10.5 Å². The fraction of sp³-hybridized carbons (Fsp3) is 0.143. The van der Waals surface area contributed by atoms with E-state index in [0.29, 0.717) is 22.0 Å².